The number of carbonyl (C=O) groups excluding carboxylic acids is 2. The van der Waals surface area contributed by atoms with E-state index in [0.29, 0.717) is 21.3 Å². The van der Waals surface area contributed by atoms with Gasteiger partial charge in [0, 0.05) is 11.1 Å². The van der Waals surface area contributed by atoms with E-state index < -0.39 is 5.91 Å². The molecule has 0 aliphatic heterocycles. The monoisotopic (exact) mass is 420 g/mol. The van der Waals surface area contributed by atoms with E-state index in [9.17, 15) is 9.59 Å². The minimum absolute atomic E-state index is 0.0916. The number of hydrogen-bond acceptors (Lipinski definition) is 6. The molecule has 0 atom stereocenters. The third-order valence-electron chi connectivity index (χ3n) is 3.07. The molecule has 3 aromatic rings. The van der Waals surface area contributed by atoms with E-state index in [4.69, 9.17) is 4.42 Å². The maximum absolute atomic E-state index is 12.1. The molecule has 0 bridgehead atoms. The van der Waals surface area contributed by atoms with Gasteiger partial charge in [0.15, 0.2) is 15.6 Å². The number of nitrogens with zero attached hydrogens (tertiary/aromatic N) is 2. The number of carbonyl (C=O) groups is 2. The van der Waals surface area contributed by atoms with Crippen molar-refractivity contribution >= 4 is 50.0 Å². The Morgan fingerprint density at radius 2 is 2.04 bits per heavy atom. The van der Waals surface area contributed by atoms with Crippen molar-refractivity contribution in [3.63, 3.8) is 0 Å². The Morgan fingerprint density at radius 1 is 1.20 bits per heavy atom. The van der Waals surface area contributed by atoms with Gasteiger partial charge in [-0.1, -0.05) is 6.07 Å². The lowest BCUT2D eigenvalue weighted by molar-refractivity contribution is -0.115. The zero-order chi connectivity index (χ0) is 17.8. The van der Waals surface area contributed by atoms with Crippen molar-refractivity contribution in [3.8, 4) is 0 Å². The summed E-state index contributed by atoms with van der Waals surface area (Å²) in [6.45, 7) is 1.85. The van der Waals surface area contributed by atoms with Gasteiger partial charge >= 0.3 is 0 Å². The molecule has 25 heavy (non-hydrogen) atoms. The second-order valence-corrected chi connectivity index (χ2v) is 6.73. The van der Waals surface area contributed by atoms with Gasteiger partial charge in [0.05, 0.1) is 12.1 Å². The first-order valence-corrected chi connectivity index (χ1v) is 8.91. The normalized spacial score (nSPS) is 10.5. The molecule has 0 aliphatic rings. The summed E-state index contributed by atoms with van der Waals surface area (Å²) in [5.41, 5.74) is 1.38. The van der Waals surface area contributed by atoms with Crippen LogP contribution in [0.15, 0.2) is 44.8 Å². The molecule has 7 nitrogen and oxygen atoms in total. The van der Waals surface area contributed by atoms with Crippen LogP contribution in [0.25, 0.3) is 0 Å². The van der Waals surface area contributed by atoms with Crippen LogP contribution >= 0.6 is 27.3 Å². The van der Waals surface area contributed by atoms with E-state index in [2.05, 4.69) is 36.5 Å². The minimum atomic E-state index is -0.403. The Labute approximate surface area is 155 Å². The van der Waals surface area contributed by atoms with Gasteiger partial charge in [-0.2, -0.15) is 0 Å². The molecule has 0 aromatic carbocycles. The van der Waals surface area contributed by atoms with Crippen molar-refractivity contribution in [3.05, 3.63) is 57.5 Å². The quantitative estimate of drug-likeness (QED) is 0.656. The fourth-order valence-electron chi connectivity index (χ4n) is 2.00. The number of anilines is 2. The zero-order valence-electron chi connectivity index (χ0n) is 13.1. The third-order valence-corrected chi connectivity index (χ3v) is 4.30. The summed E-state index contributed by atoms with van der Waals surface area (Å²) >= 11 is 4.38. The van der Waals surface area contributed by atoms with Crippen LogP contribution in [-0.4, -0.2) is 21.8 Å². The van der Waals surface area contributed by atoms with Crippen LogP contribution in [0.2, 0.25) is 0 Å². The van der Waals surface area contributed by atoms with Gasteiger partial charge in [-0.25, -0.2) is 9.97 Å². The molecule has 128 valence electrons. The van der Waals surface area contributed by atoms with Crippen LogP contribution in [0.1, 0.15) is 21.9 Å². The molecule has 0 aliphatic carbocycles. The lowest BCUT2D eigenvalue weighted by atomic mass is 10.3. The minimum Gasteiger partial charge on any atom is -0.444 e. The van der Waals surface area contributed by atoms with Crippen LogP contribution in [0.4, 0.5) is 10.9 Å². The van der Waals surface area contributed by atoms with E-state index in [1.807, 2.05) is 19.1 Å². The average molecular weight is 421 g/mol. The summed E-state index contributed by atoms with van der Waals surface area (Å²) in [6.07, 6.45) is 0.0916. The Kier molecular flexibility index (Phi) is 5.25. The molecular formula is C16H13BrN4O3S. The highest BCUT2D eigenvalue weighted by molar-refractivity contribution is 9.10. The topological polar surface area (TPSA) is 97.1 Å². The predicted octanol–water partition coefficient (Wildman–Crippen LogP) is 3.64. The first-order valence-electron chi connectivity index (χ1n) is 7.24. The molecular weight excluding hydrogens is 408 g/mol. The Hall–Kier alpha value is -2.52. The smallest absolute Gasteiger partial charge is 0.293 e. The molecule has 3 heterocycles. The van der Waals surface area contributed by atoms with Gasteiger partial charge in [-0.15, -0.1) is 11.3 Å². The summed E-state index contributed by atoms with van der Waals surface area (Å²) in [4.78, 5) is 32.5. The van der Waals surface area contributed by atoms with Crippen molar-refractivity contribution in [2.75, 3.05) is 10.6 Å². The van der Waals surface area contributed by atoms with Crippen LogP contribution in [0, 0.1) is 6.92 Å². The van der Waals surface area contributed by atoms with Gasteiger partial charge in [0.2, 0.25) is 5.91 Å². The Bertz CT molecular complexity index is 922. The lowest BCUT2D eigenvalue weighted by Crippen LogP contribution is -2.16. The van der Waals surface area contributed by atoms with E-state index in [0.717, 1.165) is 5.69 Å². The van der Waals surface area contributed by atoms with Crippen molar-refractivity contribution in [2.24, 2.45) is 0 Å². The number of aromatic nitrogens is 2. The van der Waals surface area contributed by atoms with Crippen molar-refractivity contribution in [2.45, 2.75) is 13.3 Å². The second-order valence-electron chi connectivity index (χ2n) is 5.09. The van der Waals surface area contributed by atoms with Crippen LogP contribution < -0.4 is 10.6 Å². The van der Waals surface area contributed by atoms with Gasteiger partial charge in [-0.05, 0) is 47.1 Å². The maximum atomic E-state index is 12.1. The Balaban J connectivity index is 1.57. The van der Waals surface area contributed by atoms with Crippen LogP contribution in [0.5, 0.6) is 0 Å². The number of aryl methyl sites for hydroxylation is 1. The van der Waals surface area contributed by atoms with Gasteiger partial charge < -0.3 is 9.73 Å². The number of pyridine rings is 1. The molecule has 3 aromatic heterocycles. The SMILES string of the molecule is Cc1cccc(NC(=O)Cc2csc(NC(=O)c3ccc(Br)o3)n2)n1. The number of thiazole rings is 1. The third kappa shape index (κ3) is 4.74. The fourth-order valence-corrected chi connectivity index (χ4v) is 3.02. The predicted molar refractivity (Wildman–Crippen MR) is 97.8 cm³/mol. The highest BCUT2D eigenvalue weighted by Gasteiger charge is 2.14. The fraction of sp³-hybridized carbons (Fsp3) is 0.125. The molecule has 2 amide bonds. The second kappa shape index (κ2) is 7.58. The van der Waals surface area contributed by atoms with Crippen molar-refractivity contribution in [1.82, 2.24) is 9.97 Å². The lowest BCUT2D eigenvalue weighted by Gasteiger charge is -2.03. The molecule has 3 rings (SSSR count). The standard InChI is InChI=1S/C16H13BrN4O3S/c1-9-3-2-4-13(18-9)20-14(22)7-10-8-25-16(19-10)21-15(23)11-5-6-12(17)24-11/h2-6,8H,7H2,1H3,(H,18,20,22)(H,19,21,23). The summed E-state index contributed by atoms with van der Waals surface area (Å²) in [5.74, 6) is 0.0419. The molecule has 0 radical (unpaired) electrons. The van der Waals surface area contributed by atoms with Gasteiger partial charge in [-0.3, -0.25) is 14.9 Å². The van der Waals surface area contributed by atoms with Crippen LogP contribution in [-0.2, 0) is 11.2 Å². The highest BCUT2D eigenvalue weighted by atomic mass is 79.9. The van der Waals surface area contributed by atoms with Gasteiger partial charge in [0.1, 0.15) is 5.82 Å². The molecule has 0 fully saturated rings. The maximum Gasteiger partial charge on any atom is 0.293 e. The number of furan rings is 1. The number of hydrogen-bond donors (Lipinski definition) is 2. The molecule has 9 heteroatoms. The highest BCUT2D eigenvalue weighted by Crippen LogP contribution is 2.19. The summed E-state index contributed by atoms with van der Waals surface area (Å²) in [7, 11) is 0. The summed E-state index contributed by atoms with van der Waals surface area (Å²) < 4.78 is 5.65. The number of rotatable bonds is 5. The Morgan fingerprint density at radius 3 is 2.76 bits per heavy atom. The number of nitrogens with one attached hydrogen (secondary N) is 2. The molecule has 0 saturated heterocycles. The van der Waals surface area contributed by atoms with Crippen molar-refractivity contribution < 1.29 is 14.0 Å². The number of amides is 2. The van der Waals surface area contributed by atoms with E-state index in [-0.39, 0.29) is 18.1 Å². The molecule has 0 spiro atoms. The molecule has 0 unspecified atom stereocenters. The van der Waals surface area contributed by atoms with Crippen molar-refractivity contribution in [1.29, 1.82) is 0 Å². The van der Waals surface area contributed by atoms with E-state index in [1.165, 1.54) is 11.3 Å². The average Bonchev–Trinajstić information content (AvgIpc) is 3.16. The first kappa shape index (κ1) is 17.3. The first-order chi connectivity index (χ1) is 12.0. The van der Waals surface area contributed by atoms with E-state index in [1.54, 1.807) is 23.6 Å². The van der Waals surface area contributed by atoms with Crippen LogP contribution in [0.3, 0.4) is 0 Å². The zero-order valence-corrected chi connectivity index (χ0v) is 15.5. The largest absolute Gasteiger partial charge is 0.444 e. The van der Waals surface area contributed by atoms with E-state index >= 15 is 0 Å². The number of halogens is 1. The summed E-state index contributed by atoms with van der Waals surface area (Å²) in [6, 6.07) is 8.57. The summed E-state index contributed by atoms with van der Waals surface area (Å²) in [5, 5.41) is 7.47. The molecule has 0 saturated carbocycles. The molecule has 2 N–H and O–H groups in total. The van der Waals surface area contributed by atoms with Gasteiger partial charge in [0.25, 0.3) is 5.91 Å².